The molecule has 0 spiro atoms. The zero-order valence-corrected chi connectivity index (χ0v) is 13.5. The summed E-state index contributed by atoms with van der Waals surface area (Å²) in [4.78, 5) is 4.91. The van der Waals surface area contributed by atoms with Crippen LogP contribution >= 0.6 is 31.9 Å². The predicted molar refractivity (Wildman–Crippen MR) is 86.8 cm³/mol. The molecule has 0 aromatic heterocycles. The van der Waals surface area contributed by atoms with Crippen LogP contribution in [0.1, 0.15) is 30.0 Å². The minimum absolute atomic E-state index is 0.276. The number of hydrogen-bond acceptors (Lipinski definition) is 1. The van der Waals surface area contributed by atoms with Crippen molar-refractivity contribution in [2.24, 2.45) is 4.99 Å². The Hall–Kier alpha value is -0.930. The maximum Gasteiger partial charge on any atom is 0.0767 e. The van der Waals surface area contributed by atoms with E-state index in [2.05, 4.69) is 68.3 Å². The van der Waals surface area contributed by atoms with E-state index in [0.717, 1.165) is 21.8 Å². The van der Waals surface area contributed by atoms with E-state index < -0.39 is 0 Å². The summed E-state index contributed by atoms with van der Waals surface area (Å²) in [5.41, 5.74) is 3.70. The quantitative estimate of drug-likeness (QED) is 0.650. The molecule has 3 rings (SSSR count). The van der Waals surface area contributed by atoms with Crippen molar-refractivity contribution in [3.63, 3.8) is 0 Å². The van der Waals surface area contributed by atoms with Crippen LogP contribution in [0.2, 0.25) is 0 Å². The SMILES string of the molecule is Brc1ccccc1C1=NC(c2ccccc2Br)CC1. The molecule has 1 heterocycles. The van der Waals surface area contributed by atoms with Gasteiger partial charge in [0.2, 0.25) is 0 Å². The van der Waals surface area contributed by atoms with Crippen LogP contribution in [0.3, 0.4) is 0 Å². The van der Waals surface area contributed by atoms with Gasteiger partial charge in [-0.2, -0.15) is 0 Å². The smallest absolute Gasteiger partial charge is 0.0767 e. The minimum Gasteiger partial charge on any atom is -0.281 e. The Bertz CT molecular complexity index is 634. The van der Waals surface area contributed by atoms with Crippen LogP contribution in [-0.4, -0.2) is 5.71 Å². The van der Waals surface area contributed by atoms with Crippen molar-refractivity contribution >= 4 is 37.6 Å². The highest BCUT2D eigenvalue weighted by molar-refractivity contribution is 9.10. The molecule has 2 aromatic rings. The molecular formula is C16H13Br2N. The molecule has 0 aliphatic carbocycles. The molecule has 1 atom stereocenters. The molecule has 0 N–H and O–H groups in total. The number of halogens is 2. The van der Waals surface area contributed by atoms with Gasteiger partial charge in [-0.3, -0.25) is 4.99 Å². The van der Waals surface area contributed by atoms with Gasteiger partial charge in [0.05, 0.1) is 6.04 Å². The Kier molecular flexibility index (Phi) is 3.85. The van der Waals surface area contributed by atoms with Crippen molar-refractivity contribution in [2.45, 2.75) is 18.9 Å². The lowest BCUT2D eigenvalue weighted by molar-refractivity contribution is 0.720. The second-order valence-corrected chi connectivity index (χ2v) is 6.34. The lowest BCUT2D eigenvalue weighted by atomic mass is 10.0. The van der Waals surface area contributed by atoms with Crippen LogP contribution in [0, 0.1) is 0 Å². The summed E-state index contributed by atoms with van der Waals surface area (Å²) in [6.07, 6.45) is 2.12. The van der Waals surface area contributed by atoms with E-state index >= 15 is 0 Å². The molecule has 0 bridgehead atoms. The van der Waals surface area contributed by atoms with E-state index in [1.54, 1.807) is 0 Å². The molecule has 0 amide bonds. The monoisotopic (exact) mass is 377 g/mol. The summed E-state index contributed by atoms with van der Waals surface area (Å²) in [6.45, 7) is 0. The van der Waals surface area contributed by atoms with Gasteiger partial charge in [-0.1, -0.05) is 68.3 Å². The van der Waals surface area contributed by atoms with Crippen LogP contribution in [0.25, 0.3) is 0 Å². The number of rotatable bonds is 2. The maximum atomic E-state index is 4.91. The first-order chi connectivity index (χ1) is 9.25. The zero-order chi connectivity index (χ0) is 13.2. The highest BCUT2D eigenvalue weighted by Gasteiger charge is 2.22. The largest absolute Gasteiger partial charge is 0.281 e. The van der Waals surface area contributed by atoms with E-state index in [9.17, 15) is 0 Å². The highest BCUT2D eigenvalue weighted by atomic mass is 79.9. The summed E-state index contributed by atoms with van der Waals surface area (Å²) in [5, 5.41) is 0. The van der Waals surface area contributed by atoms with Crippen molar-refractivity contribution in [3.05, 3.63) is 68.6 Å². The van der Waals surface area contributed by atoms with E-state index in [1.807, 2.05) is 12.1 Å². The van der Waals surface area contributed by atoms with Gasteiger partial charge in [-0.05, 0) is 30.5 Å². The third kappa shape index (κ3) is 2.67. The van der Waals surface area contributed by atoms with Crippen LogP contribution in [0.4, 0.5) is 0 Å². The van der Waals surface area contributed by atoms with Gasteiger partial charge < -0.3 is 0 Å². The fourth-order valence-electron chi connectivity index (χ4n) is 2.46. The van der Waals surface area contributed by atoms with Crippen molar-refractivity contribution < 1.29 is 0 Å². The third-order valence-corrected chi connectivity index (χ3v) is 4.83. The molecule has 1 unspecified atom stereocenters. The Morgan fingerprint density at radius 2 is 1.58 bits per heavy atom. The third-order valence-electron chi connectivity index (χ3n) is 3.42. The Balaban J connectivity index is 1.94. The number of aliphatic imine (C=N–C) groups is 1. The standard InChI is InChI=1S/C16H13Br2N/c17-13-7-3-1-5-11(13)15-9-10-16(19-15)12-6-2-4-8-14(12)18/h1-8,15H,9-10H2. The van der Waals surface area contributed by atoms with Crippen molar-refractivity contribution in [1.29, 1.82) is 0 Å². The summed E-state index contributed by atoms with van der Waals surface area (Å²) in [7, 11) is 0. The maximum absolute atomic E-state index is 4.91. The van der Waals surface area contributed by atoms with Gasteiger partial charge in [0.1, 0.15) is 0 Å². The number of hydrogen-bond donors (Lipinski definition) is 0. The van der Waals surface area contributed by atoms with E-state index in [-0.39, 0.29) is 6.04 Å². The van der Waals surface area contributed by atoms with Crippen molar-refractivity contribution in [3.8, 4) is 0 Å². The summed E-state index contributed by atoms with van der Waals surface area (Å²) < 4.78 is 2.28. The summed E-state index contributed by atoms with van der Waals surface area (Å²) in [6, 6.07) is 16.9. The average molecular weight is 379 g/mol. The Labute approximate surface area is 130 Å². The van der Waals surface area contributed by atoms with Crippen molar-refractivity contribution in [1.82, 2.24) is 0 Å². The van der Waals surface area contributed by atoms with Gasteiger partial charge >= 0.3 is 0 Å². The van der Waals surface area contributed by atoms with Crippen molar-refractivity contribution in [2.75, 3.05) is 0 Å². The molecule has 1 nitrogen and oxygen atoms in total. The first-order valence-electron chi connectivity index (χ1n) is 6.31. The van der Waals surface area contributed by atoms with Gasteiger partial charge in [-0.15, -0.1) is 0 Å². The van der Waals surface area contributed by atoms with Gasteiger partial charge in [0.15, 0.2) is 0 Å². The number of benzene rings is 2. The Morgan fingerprint density at radius 3 is 2.32 bits per heavy atom. The molecule has 3 heteroatoms. The Morgan fingerprint density at radius 1 is 0.895 bits per heavy atom. The van der Waals surface area contributed by atoms with Crippen LogP contribution in [-0.2, 0) is 0 Å². The lowest BCUT2D eigenvalue weighted by Crippen LogP contribution is -1.96. The van der Waals surface area contributed by atoms with E-state index in [1.165, 1.54) is 16.8 Å². The second kappa shape index (κ2) is 5.59. The first kappa shape index (κ1) is 13.1. The zero-order valence-electron chi connectivity index (χ0n) is 10.3. The average Bonchev–Trinajstić information content (AvgIpc) is 2.89. The first-order valence-corrected chi connectivity index (χ1v) is 7.90. The fraction of sp³-hybridized carbons (Fsp3) is 0.188. The number of nitrogens with zero attached hydrogens (tertiary/aromatic N) is 1. The summed E-state index contributed by atoms with van der Waals surface area (Å²) in [5.74, 6) is 0. The molecular weight excluding hydrogens is 366 g/mol. The molecule has 0 saturated carbocycles. The molecule has 2 aromatic carbocycles. The molecule has 1 aliphatic rings. The van der Waals surface area contributed by atoms with E-state index in [0.29, 0.717) is 0 Å². The van der Waals surface area contributed by atoms with E-state index in [4.69, 9.17) is 4.99 Å². The minimum atomic E-state index is 0.276. The topological polar surface area (TPSA) is 12.4 Å². The highest BCUT2D eigenvalue weighted by Crippen LogP contribution is 2.35. The molecule has 0 radical (unpaired) electrons. The molecule has 19 heavy (non-hydrogen) atoms. The van der Waals surface area contributed by atoms with Gasteiger partial charge in [0.25, 0.3) is 0 Å². The summed E-state index contributed by atoms with van der Waals surface area (Å²) >= 11 is 7.23. The lowest BCUT2D eigenvalue weighted by Gasteiger charge is -2.08. The normalized spacial score (nSPS) is 18.4. The fourth-order valence-corrected chi connectivity index (χ4v) is 3.52. The molecule has 96 valence electrons. The van der Waals surface area contributed by atoms with Gasteiger partial charge in [-0.25, -0.2) is 0 Å². The molecule has 1 aliphatic heterocycles. The van der Waals surface area contributed by atoms with Crippen LogP contribution in [0.5, 0.6) is 0 Å². The van der Waals surface area contributed by atoms with Crippen LogP contribution < -0.4 is 0 Å². The second-order valence-electron chi connectivity index (χ2n) is 4.63. The molecule has 0 saturated heterocycles. The van der Waals surface area contributed by atoms with Crippen LogP contribution in [0.15, 0.2) is 62.5 Å². The predicted octanol–water partition coefficient (Wildman–Crippen LogP) is 5.54. The molecule has 0 fully saturated rings. The van der Waals surface area contributed by atoms with Gasteiger partial charge in [0, 0.05) is 20.2 Å².